The number of aryl methyl sites for hydroxylation is 2. The van der Waals surface area contributed by atoms with Crippen molar-refractivity contribution in [2.24, 2.45) is 0 Å². The first-order valence-electron chi connectivity index (χ1n) is 13.4. The van der Waals surface area contributed by atoms with Crippen molar-refractivity contribution < 1.29 is 19.1 Å². The summed E-state index contributed by atoms with van der Waals surface area (Å²) in [5.41, 5.74) is 10.0. The van der Waals surface area contributed by atoms with Gasteiger partial charge in [-0.1, -0.05) is 60.7 Å². The van der Waals surface area contributed by atoms with E-state index in [4.69, 9.17) is 14.3 Å². The molecule has 0 aliphatic carbocycles. The average molecular weight is 547 g/mol. The Labute approximate surface area is 240 Å². The van der Waals surface area contributed by atoms with Gasteiger partial charge in [-0.05, 0) is 91.4 Å². The number of ether oxygens (including phenoxy) is 1. The lowest BCUT2D eigenvalue weighted by atomic mass is 10.0. The van der Waals surface area contributed by atoms with Gasteiger partial charge in [-0.3, -0.25) is 4.79 Å². The van der Waals surface area contributed by atoms with Gasteiger partial charge in [-0.15, -0.1) is 0 Å². The van der Waals surface area contributed by atoms with Crippen LogP contribution < -0.4 is 10.1 Å². The van der Waals surface area contributed by atoms with E-state index in [1.54, 1.807) is 7.11 Å². The van der Waals surface area contributed by atoms with Crippen molar-refractivity contribution in [3.63, 3.8) is 0 Å². The first-order valence-corrected chi connectivity index (χ1v) is 13.4. The molecule has 41 heavy (non-hydrogen) atoms. The molecule has 0 aliphatic rings. The number of carbonyl (C=O) groups excluding carboxylic acids is 3. The standard InChI is InChI=1S/C34H34N2O2.CO2/c1-22-17-30(19-31(18-22)38-5)24(3)35-34(37)29-15-16-33-32(20-29)23(2)25(4)36(33)21-26-11-13-28(14-12-26)27-9-7-6-8-10-27;2-1-3/h6-20,24H,21H2,1-5H3,(H,35,37);/t24-;/m0./s1. The van der Waals surface area contributed by atoms with E-state index in [9.17, 15) is 4.79 Å². The fraction of sp³-hybridized carbons (Fsp3) is 0.200. The maximum Gasteiger partial charge on any atom is 0.373 e. The number of rotatable bonds is 7. The van der Waals surface area contributed by atoms with Gasteiger partial charge in [0.2, 0.25) is 0 Å². The molecule has 0 saturated carbocycles. The molecule has 0 unspecified atom stereocenters. The van der Waals surface area contributed by atoms with Crippen LogP contribution in [0.1, 0.15) is 51.3 Å². The van der Waals surface area contributed by atoms with Crippen LogP contribution in [0.4, 0.5) is 0 Å². The van der Waals surface area contributed by atoms with Gasteiger partial charge in [0, 0.05) is 28.7 Å². The minimum Gasteiger partial charge on any atom is -0.497 e. The average Bonchev–Trinajstić information content (AvgIpc) is 3.22. The summed E-state index contributed by atoms with van der Waals surface area (Å²) in [7, 11) is 1.66. The summed E-state index contributed by atoms with van der Waals surface area (Å²) in [5, 5.41) is 4.27. The second-order valence-corrected chi connectivity index (χ2v) is 10.2. The topological polar surface area (TPSA) is 77.4 Å². The van der Waals surface area contributed by atoms with Crippen LogP contribution in [0.5, 0.6) is 5.75 Å². The second kappa shape index (κ2) is 12.9. The molecule has 1 N–H and O–H groups in total. The largest absolute Gasteiger partial charge is 0.497 e. The summed E-state index contributed by atoms with van der Waals surface area (Å²) in [4.78, 5) is 29.5. The Balaban J connectivity index is 0.00000124. The highest BCUT2D eigenvalue weighted by Gasteiger charge is 2.17. The van der Waals surface area contributed by atoms with Crippen molar-refractivity contribution in [2.45, 2.75) is 40.3 Å². The highest BCUT2D eigenvalue weighted by atomic mass is 16.5. The van der Waals surface area contributed by atoms with Crippen LogP contribution in [0.2, 0.25) is 0 Å². The number of amides is 1. The summed E-state index contributed by atoms with van der Waals surface area (Å²) < 4.78 is 7.74. The fourth-order valence-corrected chi connectivity index (χ4v) is 5.12. The lowest BCUT2D eigenvalue weighted by molar-refractivity contribution is -0.191. The zero-order chi connectivity index (χ0) is 29.5. The van der Waals surface area contributed by atoms with Gasteiger partial charge in [0.25, 0.3) is 5.91 Å². The molecule has 1 amide bonds. The fourth-order valence-electron chi connectivity index (χ4n) is 5.12. The molecule has 4 aromatic carbocycles. The van der Waals surface area contributed by atoms with Gasteiger partial charge in [-0.25, -0.2) is 0 Å². The third kappa shape index (κ3) is 6.63. The first-order chi connectivity index (χ1) is 19.7. The maximum atomic E-state index is 13.2. The number of nitrogens with zero attached hydrogens (tertiary/aromatic N) is 1. The van der Waals surface area contributed by atoms with Crippen molar-refractivity contribution in [1.29, 1.82) is 0 Å². The third-order valence-electron chi connectivity index (χ3n) is 7.46. The Morgan fingerprint density at radius 2 is 1.54 bits per heavy atom. The smallest absolute Gasteiger partial charge is 0.373 e. The van der Waals surface area contributed by atoms with E-state index in [1.807, 2.05) is 44.2 Å². The molecule has 1 atom stereocenters. The highest BCUT2D eigenvalue weighted by molar-refractivity contribution is 5.99. The van der Waals surface area contributed by atoms with Crippen LogP contribution in [0.25, 0.3) is 22.0 Å². The van der Waals surface area contributed by atoms with Crippen LogP contribution in [-0.2, 0) is 16.1 Å². The summed E-state index contributed by atoms with van der Waals surface area (Å²) in [6.45, 7) is 9.10. The van der Waals surface area contributed by atoms with Crippen molar-refractivity contribution in [1.82, 2.24) is 9.88 Å². The number of methoxy groups -OCH3 is 1. The molecule has 0 fully saturated rings. The SMILES string of the molecule is COc1cc(C)cc([C@H](C)NC(=O)c2ccc3c(c2)c(C)c(C)n3Cc2ccc(-c3ccccc3)cc2)c1.O=C=O. The van der Waals surface area contributed by atoms with Crippen molar-refractivity contribution in [2.75, 3.05) is 7.11 Å². The quantitative estimate of drug-likeness (QED) is 0.234. The molecule has 0 aliphatic heterocycles. The van der Waals surface area contributed by atoms with E-state index in [0.717, 1.165) is 34.3 Å². The van der Waals surface area contributed by atoms with Crippen LogP contribution >= 0.6 is 0 Å². The maximum absolute atomic E-state index is 13.2. The Kier molecular flexibility index (Phi) is 9.18. The van der Waals surface area contributed by atoms with Crippen LogP contribution in [0.3, 0.4) is 0 Å². The summed E-state index contributed by atoms with van der Waals surface area (Å²) in [6, 6.07) is 31.1. The lowest BCUT2D eigenvalue weighted by Crippen LogP contribution is -2.26. The van der Waals surface area contributed by atoms with Gasteiger partial charge in [-0.2, -0.15) is 9.59 Å². The van der Waals surface area contributed by atoms with Crippen LogP contribution in [0.15, 0.2) is 91.0 Å². The van der Waals surface area contributed by atoms with E-state index >= 15 is 0 Å². The summed E-state index contributed by atoms with van der Waals surface area (Å²) in [5.74, 6) is 0.714. The monoisotopic (exact) mass is 546 g/mol. The second-order valence-electron chi connectivity index (χ2n) is 10.2. The van der Waals surface area contributed by atoms with Gasteiger partial charge in [0.05, 0.1) is 13.2 Å². The highest BCUT2D eigenvalue weighted by Crippen LogP contribution is 2.29. The first kappa shape index (κ1) is 29.1. The predicted molar refractivity (Wildman–Crippen MR) is 161 cm³/mol. The van der Waals surface area contributed by atoms with Crippen LogP contribution in [0, 0.1) is 20.8 Å². The zero-order valence-corrected chi connectivity index (χ0v) is 24.0. The molecule has 1 heterocycles. The van der Waals surface area contributed by atoms with Crippen LogP contribution in [-0.4, -0.2) is 23.7 Å². The molecule has 6 heteroatoms. The molecule has 6 nitrogen and oxygen atoms in total. The molecule has 0 spiro atoms. The number of carbonyl (C=O) groups is 1. The van der Waals surface area contributed by atoms with Gasteiger partial charge in [0.15, 0.2) is 0 Å². The molecule has 0 saturated heterocycles. The number of nitrogens with one attached hydrogen (secondary N) is 1. The van der Waals surface area contributed by atoms with Gasteiger partial charge < -0.3 is 14.6 Å². The van der Waals surface area contributed by atoms with Crippen molar-refractivity contribution in [3.05, 3.63) is 125 Å². The molecular formula is C35H34N2O4. The molecule has 208 valence electrons. The normalized spacial score (nSPS) is 11.2. The molecular weight excluding hydrogens is 512 g/mol. The Bertz CT molecular complexity index is 1700. The van der Waals surface area contributed by atoms with Gasteiger partial charge >= 0.3 is 6.15 Å². The summed E-state index contributed by atoms with van der Waals surface area (Å²) >= 11 is 0. The van der Waals surface area contributed by atoms with Gasteiger partial charge in [0.1, 0.15) is 5.75 Å². The summed E-state index contributed by atoms with van der Waals surface area (Å²) in [6.07, 6.45) is 0.250. The van der Waals surface area contributed by atoms with Crippen molar-refractivity contribution in [3.8, 4) is 16.9 Å². The van der Waals surface area contributed by atoms with E-state index < -0.39 is 0 Å². The Hall–Kier alpha value is -4.93. The molecule has 1 aromatic heterocycles. The Morgan fingerprint density at radius 3 is 2.20 bits per heavy atom. The predicted octanol–water partition coefficient (Wildman–Crippen LogP) is 7.20. The number of hydrogen-bond donors (Lipinski definition) is 1. The minimum absolute atomic E-state index is 0.0822. The number of hydrogen-bond acceptors (Lipinski definition) is 4. The molecule has 5 aromatic rings. The number of aromatic nitrogens is 1. The third-order valence-corrected chi connectivity index (χ3v) is 7.46. The number of fused-ring (bicyclic) bond motifs is 1. The van der Waals surface area contributed by atoms with Crippen molar-refractivity contribution >= 4 is 23.0 Å². The van der Waals surface area contributed by atoms with E-state index in [-0.39, 0.29) is 18.1 Å². The van der Waals surface area contributed by atoms with E-state index in [0.29, 0.717) is 5.56 Å². The zero-order valence-electron chi connectivity index (χ0n) is 24.0. The molecule has 0 radical (unpaired) electrons. The minimum atomic E-state index is -0.140. The number of benzene rings is 4. The molecule has 0 bridgehead atoms. The lowest BCUT2D eigenvalue weighted by Gasteiger charge is -2.16. The molecule has 5 rings (SSSR count). The Morgan fingerprint density at radius 1 is 0.878 bits per heavy atom. The van der Waals surface area contributed by atoms with E-state index in [1.165, 1.54) is 27.9 Å². The van der Waals surface area contributed by atoms with E-state index in [2.05, 4.69) is 84.4 Å².